The molecule has 5 nitrogen and oxygen atoms in total. The summed E-state index contributed by atoms with van der Waals surface area (Å²) in [5.41, 5.74) is 0.0608. The average molecular weight is 405 g/mol. The highest BCUT2D eigenvalue weighted by atomic mass is 127. The van der Waals surface area contributed by atoms with Gasteiger partial charge in [0.05, 0.1) is 5.69 Å². The van der Waals surface area contributed by atoms with Crippen LogP contribution in [0.2, 0.25) is 5.02 Å². The molecule has 0 bridgehead atoms. The van der Waals surface area contributed by atoms with Gasteiger partial charge in [-0.1, -0.05) is 18.5 Å². The fourth-order valence-electron chi connectivity index (χ4n) is 1.72. The number of carboxylic acids is 1. The largest absolute Gasteiger partial charge is 0.476 e. The van der Waals surface area contributed by atoms with Crippen molar-refractivity contribution in [2.75, 3.05) is 0 Å². The summed E-state index contributed by atoms with van der Waals surface area (Å²) < 4.78 is 2.21. The third-order valence-corrected chi connectivity index (χ3v) is 3.83. The molecule has 0 amide bonds. The maximum Gasteiger partial charge on any atom is 0.360 e. The Hall–Kier alpha value is -1.41. The fraction of sp³-hybridized carbons (Fsp3) is 0.154. The number of aryl methyl sites for hydroxylation is 1. The summed E-state index contributed by atoms with van der Waals surface area (Å²) in [5.74, 6) is -1.33. The van der Waals surface area contributed by atoms with Crippen LogP contribution < -0.4 is 5.43 Å². The molecular formula is C13H10ClIN2O3. The molecule has 2 aromatic rings. The van der Waals surface area contributed by atoms with Crippen LogP contribution in [0.3, 0.4) is 0 Å². The molecule has 0 aliphatic rings. The van der Waals surface area contributed by atoms with E-state index in [0.29, 0.717) is 22.7 Å². The lowest BCUT2D eigenvalue weighted by molar-refractivity contribution is 0.0686. The number of carboxylic acid groups (broad SMARTS) is 1. The van der Waals surface area contributed by atoms with Crippen LogP contribution in [0.1, 0.15) is 23.0 Å². The summed E-state index contributed by atoms with van der Waals surface area (Å²) in [5, 5.41) is 13.5. The van der Waals surface area contributed by atoms with Crippen molar-refractivity contribution >= 4 is 40.2 Å². The van der Waals surface area contributed by atoms with Gasteiger partial charge in [0.15, 0.2) is 0 Å². The summed E-state index contributed by atoms with van der Waals surface area (Å²) in [4.78, 5) is 23.0. The lowest BCUT2D eigenvalue weighted by Crippen LogP contribution is -2.24. The van der Waals surface area contributed by atoms with Crippen LogP contribution in [0.4, 0.5) is 0 Å². The SMILES string of the molecule is CCc1cn(-c2ccc(Cl)cc2I)nc(C(=O)O)c1=O. The molecule has 1 aromatic heterocycles. The van der Waals surface area contributed by atoms with E-state index in [1.54, 1.807) is 31.3 Å². The van der Waals surface area contributed by atoms with E-state index < -0.39 is 17.1 Å². The Morgan fingerprint density at radius 3 is 2.75 bits per heavy atom. The lowest BCUT2D eigenvalue weighted by atomic mass is 10.2. The van der Waals surface area contributed by atoms with Gasteiger partial charge >= 0.3 is 5.97 Å². The predicted octanol–water partition coefficient (Wildman–Crippen LogP) is 2.75. The first kappa shape index (κ1) is 15.0. The summed E-state index contributed by atoms with van der Waals surface area (Å²) in [6, 6.07) is 5.15. The Bertz CT molecular complexity index is 743. The first-order valence-electron chi connectivity index (χ1n) is 5.75. The van der Waals surface area contributed by atoms with Gasteiger partial charge in [-0.05, 0) is 47.2 Å². The fourth-order valence-corrected chi connectivity index (χ4v) is 2.84. The van der Waals surface area contributed by atoms with Gasteiger partial charge in [-0.25, -0.2) is 9.48 Å². The topological polar surface area (TPSA) is 72.2 Å². The molecule has 1 N–H and O–H groups in total. The molecule has 0 radical (unpaired) electrons. The van der Waals surface area contributed by atoms with E-state index in [9.17, 15) is 9.59 Å². The van der Waals surface area contributed by atoms with Gasteiger partial charge in [0.25, 0.3) is 0 Å². The second kappa shape index (κ2) is 5.92. The molecule has 0 unspecified atom stereocenters. The monoisotopic (exact) mass is 404 g/mol. The Morgan fingerprint density at radius 1 is 1.50 bits per heavy atom. The van der Waals surface area contributed by atoms with E-state index in [0.717, 1.165) is 3.57 Å². The number of halogens is 2. The van der Waals surface area contributed by atoms with Crippen LogP contribution in [0.5, 0.6) is 0 Å². The third kappa shape index (κ3) is 2.85. The minimum absolute atomic E-state index is 0.406. The van der Waals surface area contributed by atoms with Gasteiger partial charge < -0.3 is 5.11 Å². The van der Waals surface area contributed by atoms with Crippen LogP contribution in [-0.2, 0) is 6.42 Å². The van der Waals surface area contributed by atoms with Gasteiger partial charge in [-0.15, -0.1) is 0 Å². The molecule has 0 saturated heterocycles. The highest BCUT2D eigenvalue weighted by Gasteiger charge is 2.16. The highest BCUT2D eigenvalue weighted by molar-refractivity contribution is 14.1. The first-order valence-corrected chi connectivity index (χ1v) is 7.21. The quantitative estimate of drug-likeness (QED) is 0.799. The van der Waals surface area contributed by atoms with Crippen LogP contribution in [0.25, 0.3) is 5.69 Å². The van der Waals surface area contributed by atoms with Gasteiger partial charge in [0.2, 0.25) is 11.1 Å². The first-order chi connectivity index (χ1) is 9.43. The van der Waals surface area contributed by atoms with Gasteiger partial charge in [0.1, 0.15) is 0 Å². The molecule has 1 heterocycles. The van der Waals surface area contributed by atoms with Crippen molar-refractivity contribution in [2.24, 2.45) is 0 Å². The van der Waals surface area contributed by atoms with Crippen molar-refractivity contribution in [2.45, 2.75) is 13.3 Å². The summed E-state index contributed by atoms with van der Waals surface area (Å²) in [6.45, 7) is 1.79. The predicted molar refractivity (Wildman–Crippen MR) is 83.9 cm³/mol. The van der Waals surface area contributed by atoms with Crippen molar-refractivity contribution in [3.63, 3.8) is 0 Å². The molecule has 2 rings (SSSR count). The van der Waals surface area contributed by atoms with Crippen molar-refractivity contribution in [3.8, 4) is 5.69 Å². The molecule has 0 saturated carbocycles. The molecule has 0 spiro atoms. The van der Waals surface area contributed by atoms with E-state index >= 15 is 0 Å². The minimum Gasteiger partial charge on any atom is -0.476 e. The zero-order chi connectivity index (χ0) is 14.9. The number of hydrogen-bond donors (Lipinski definition) is 1. The van der Waals surface area contributed by atoms with E-state index in [4.69, 9.17) is 16.7 Å². The smallest absolute Gasteiger partial charge is 0.360 e. The van der Waals surface area contributed by atoms with Crippen molar-refractivity contribution in [1.29, 1.82) is 0 Å². The lowest BCUT2D eigenvalue weighted by Gasteiger charge is -2.10. The molecular weight excluding hydrogens is 395 g/mol. The molecule has 20 heavy (non-hydrogen) atoms. The molecule has 0 atom stereocenters. The molecule has 0 aliphatic carbocycles. The number of aromatic carboxylic acids is 1. The number of aromatic nitrogens is 2. The highest BCUT2D eigenvalue weighted by Crippen LogP contribution is 2.20. The molecule has 1 aromatic carbocycles. The zero-order valence-electron chi connectivity index (χ0n) is 10.4. The maximum absolute atomic E-state index is 11.9. The average Bonchev–Trinajstić information content (AvgIpc) is 2.39. The van der Waals surface area contributed by atoms with Crippen LogP contribution >= 0.6 is 34.2 Å². The molecule has 0 aliphatic heterocycles. The minimum atomic E-state index is -1.33. The van der Waals surface area contributed by atoms with Gasteiger partial charge in [-0.2, -0.15) is 5.10 Å². The second-order valence-electron chi connectivity index (χ2n) is 4.03. The second-order valence-corrected chi connectivity index (χ2v) is 5.63. The van der Waals surface area contributed by atoms with Gasteiger partial charge in [0, 0.05) is 20.4 Å². The normalized spacial score (nSPS) is 10.6. The Labute approximate surface area is 133 Å². The van der Waals surface area contributed by atoms with Crippen molar-refractivity contribution in [3.05, 3.63) is 54.5 Å². The molecule has 104 valence electrons. The van der Waals surface area contributed by atoms with E-state index in [2.05, 4.69) is 27.7 Å². The number of carbonyl (C=O) groups is 1. The van der Waals surface area contributed by atoms with E-state index in [1.165, 1.54) is 4.68 Å². The number of benzene rings is 1. The van der Waals surface area contributed by atoms with Crippen LogP contribution in [-0.4, -0.2) is 20.9 Å². The van der Waals surface area contributed by atoms with E-state index in [1.807, 2.05) is 0 Å². The number of rotatable bonds is 3. The molecule has 0 fully saturated rings. The Balaban J connectivity index is 2.71. The number of nitrogens with zero attached hydrogens (tertiary/aromatic N) is 2. The van der Waals surface area contributed by atoms with Crippen molar-refractivity contribution < 1.29 is 9.90 Å². The zero-order valence-corrected chi connectivity index (χ0v) is 13.3. The maximum atomic E-state index is 11.9. The summed E-state index contributed by atoms with van der Waals surface area (Å²) >= 11 is 7.97. The Morgan fingerprint density at radius 2 is 2.20 bits per heavy atom. The standard InChI is InChI=1S/C13H10ClIN2O3/c1-2-7-6-17(16-11(12(7)18)13(19)20)10-4-3-8(14)5-9(10)15/h3-6H,2H2,1H3,(H,19,20). The summed E-state index contributed by atoms with van der Waals surface area (Å²) in [6.07, 6.45) is 1.99. The Kier molecular flexibility index (Phi) is 4.44. The van der Waals surface area contributed by atoms with Crippen LogP contribution in [0.15, 0.2) is 29.2 Å². The number of hydrogen-bond acceptors (Lipinski definition) is 3. The third-order valence-electron chi connectivity index (χ3n) is 2.73. The van der Waals surface area contributed by atoms with E-state index in [-0.39, 0.29) is 0 Å². The summed E-state index contributed by atoms with van der Waals surface area (Å²) in [7, 11) is 0. The van der Waals surface area contributed by atoms with Gasteiger partial charge in [-0.3, -0.25) is 4.79 Å². The van der Waals surface area contributed by atoms with Crippen LogP contribution in [0, 0.1) is 3.57 Å². The molecule has 7 heteroatoms. The van der Waals surface area contributed by atoms with Crippen molar-refractivity contribution in [1.82, 2.24) is 9.78 Å².